The molecule has 20 heavy (non-hydrogen) atoms. The van der Waals surface area contributed by atoms with E-state index in [2.05, 4.69) is 21.2 Å². The van der Waals surface area contributed by atoms with Crippen LogP contribution in [0.2, 0.25) is 0 Å². The van der Waals surface area contributed by atoms with Gasteiger partial charge in [-0.05, 0) is 39.7 Å². The normalized spacial score (nSPS) is 10.3. The minimum Gasteiger partial charge on any atom is -0.493 e. The Labute approximate surface area is 124 Å². The Morgan fingerprint density at radius 1 is 1.35 bits per heavy atom. The summed E-state index contributed by atoms with van der Waals surface area (Å²) in [5.41, 5.74) is 0.708. The lowest BCUT2D eigenvalue weighted by atomic mass is 10.2. The Morgan fingerprint density at radius 3 is 2.60 bits per heavy atom. The molecule has 1 aromatic carbocycles. The first-order valence-electron chi connectivity index (χ1n) is 5.57. The molecule has 1 aromatic rings. The fourth-order valence-electron chi connectivity index (χ4n) is 1.43. The highest BCUT2D eigenvalue weighted by molar-refractivity contribution is 9.10. The SMILES string of the molecule is COc1cc(C=CC(=O)NCC(=O)O)cc(Br)c1OC. The van der Waals surface area contributed by atoms with E-state index in [0.29, 0.717) is 21.5 Å². The molecule has 1 amide bonds. The second-order valence-corrected chi connectivity index (χ2v) is 4.54. The van der Waals surface area contributed by atoms with Crippen molar-refractivity contribution in [3.63, 3.8) is 0 Å². The Kier molecular flexibility index (Phi) is 6.05. The number of hydrogen-bond donors (Lipinski definition) is 2. The van der Waals surface area contributed by atoms with Gasteiger partial charge in [-0.3, -0.25) is 9.59 Å². The Morgan fingerprint density at radius 2 is 2.05 bits per heavy atom. The molecule has 108 valence electrons. The Balaban J connectivity index is 2.85. The zero-order valence-electron chi connectivity index (χ0n) is 11.0. The molecule has 0 saturated heterocycles. The van der Waals surface area contributed by atoms with Gasteiger partial charge in [0.2, 0.25) is 5.91 Å². The molecule has 1 rings (SSSR count). The number of amides is 1. The third-order valence-corrected chi connectivity index (χ3v) is 2.89. The number of carbonyl (C=O) groups excluding carboxylic acids is 1. The minimum atomic E-state index is -1.10. The number of benzene rings is 1. The van der Waals surface area contributed by atoms with Crippen molar-refractivity contribution in [2.45, 2.75) is 0 Å². The number of rotatable bonds is 6. The van der Waals surface area contributed by atoms with E-state index in [1.807, 2.05) is 0 Å². The topological polar surface area (TPSA) is 84.9 Å². The largest absolute Gasteiger partial charge is 0.493 e. The van der Waals surface area contributed by atoms with Gasteiger partial charge >= 0.3 is 5.97 Å². The van der Waals surface area contributed by atoms with Crippen molar-refractivity contribution < 1.29 is 24.2 Å². The molecule has 2 N–H and O–H groups in total. The molecule has 0 spiro atoms. The average Bonchev–Trinajstić information content (AvgIpc) is 2.42. The van der Waals surface area contributed by atoms with Crippen molar-refractivity contribution in [1.82, 2.24) is 5.32 Å². The van der Waals surface area contributed by atoms with Crippen LogP contribution in [0.3, 0.4) is 0 Å². The molecule has 0 aliphatic heterocycles. The first kappa shape index (κ1) is 16.0. The summed E-state index contributed by atoms with van der Waals surface area (Å²) in [7, 11) is 3.04. The average molecular weight is 344 g/mol. The monoisotopic (exact) mass is 343 g/mol. The molecule has 0 saturated carbocycles. The van der Waals surface area contributed by atoms with Crippen molar-refractivity contribution in [3.05, 3.63) is 28.2 Å². The number of hydrogen-bond acceptors (Lipinski definition) is 4. The maximum Gasteiger partial charge on any atom is 0.322 e. The molecule has 0 aliphatic carbocycles. The van der Waals surface area contributed by atoms with Crippen LogP contribution < -0.4 is 14.8 Å². The van der Waals surface area contributed by atoms with Crippen molar-refractivity contribution in [2.75, 3.05) is 20.8 Å². The van der Waals surface area contributed by atoms with E-state index >= 15 is 0 Å². The second kappa shape index (κ2) is 7.54. The van der Waals surface area contributed by atoms with Crippen LogP contribution in [-0.2, 0) is 9.59 Å². The number of aliphatic carboxylic acids is 1. The smallest absolute Gasteiger partial charge is 0.322 e. The molecule has 0 bridgehead atoms. The van der Waals surface area contributed by atoms with Crippen LogP contribution in [0.5, 0.6) is 11.5 Å². The first-order valence-corrected chi connectivity index (χ1v) is 6.36. The predicted molar refractivity (Wildman–Crippen MR) is 76.9 cm³/mol. The van der Waals surface area contributed by atoms with Crippen LogP contribution in [-0.4, -0.2) is 37.7 Å². The summed E-state index contributed by atoms with van der Waals surface area (Å²) in [6.45, 7) is -0.418. The van der Waals surface area contributed by atoms with Gasteiger partial charge in [0.15, 0.2) is 11.5 Å². The first-order chi connectivity index (χ1) is 9.47. The van der Waals surface area contributed by atoms with Crippen LogP contribution in [0.25, 0.3) is 6.08 Å². The van der Waals surface area contributed by atoms with Gasteiger partial charge in [-0.25, -0.2) is 0 Å². The molecule has 0 atom stereocenters. The number of carbonyl (C=O) groups is 2. The van der Waals surface area contributed by atoms with Gasteiger partial charge < -0.3 is 19.9 Å². The van der Waals surface area contributed by atoms with Crippen molar-refractivity contribution in [2.24, 2.45) is 0 Å². The summed E-state index contributed by atoms with van der Waals surface area (Å²) in [4.78, 5) is 21.7. The highest BCUT2D eigenvalue weighted by Crippen LogP contribution is 2.36. The van der Waals surface area contributed by atoms with Gasteiger partial charge in [-0.15, -0.1) is 0 Å². The lowest BCUT2D eigenvalue weighted by Gasteiger charge is -2.10. The van der Waals surface area contributed by atoms with E-state index < -0.39 is 18.4 Å². The summed E-state index contributed by atoms with van der Waals surface area (Å²) in [5, 5.41) is 10.7. The molecular weight excluding hydrogens is 330 g/mol. The number of carboxylic acid groups (broad SMARTS) is 1. The Hall–Kier alpha value is -2.02. The van der Waals surface area contributed by atoms with Crippen molar-refractivity contribution >= 4 is 33.9 Å². The van der Waals surface area contributed by atoms with E-state index in [1.54, 1.807) is 18.2 Å². The highest BCUT2D eigenvalue weighted by atomic mass is 79.9. The summed E-state index contributed by atoms with van der Waals surface area (Å²) >= 11 is 3.34. The minimum absolute atomic E-state index is 0.418. The molecule has 0 aromatic heterocycles. The van der Waals surface area contributed by atoms with Crippen LogP contribution in [0, 0.1) is 0 Å². The van der Waals surface area contributed by atoms with Gasteiger partial charge in [-0.2, -0.15) is 0 Å². The quantitative estimate of drug-likeness (QED) is 0.767. The number of nitrogens with one attached hydrogen (secondary N) is 1. The van der Waals surface area contributed by atoms with Crippen molar-refractivity contribution in [1.29, 1.82) is 0 Å². The van der Waals surface area contributed by atoms with E-state index in [-0.39, 0.29) is 0 Å². The lowest BCUT2D eigenvalue weighted by molar-refractivity contribution is -0.137. The van der Waals surface area contributed by atoms with E-state index in [0.717, 1.165) is 0 Å². The number of halogens is 1. The number of methoxy groups -OCH3 is 2. The molecule has 0 heterocycles. The molecule has 0 unspecified atom stereocenters. The molecular formula is C13H14BrNO5. The van der Waals surface area contributed by atoms with Gasteiger partial charge in [0, 0.05) is 6.08 Å². The van der Waals surface area contributed by atoms with Gasteiger partial charge in [-0.1, -0.05) is 0 Å². The zero-order valence-corrected chi connectivity index (χ0v) is 12.6. The zero-order chi connectivity index (χ0) is 15.1. The van der Waals surface area contributed by atoms with Crippen LogP contribution in [0.15, 0.2) is 22.7 Å². The summed E-state index contributed by atoms with van der Waals surface area (Å²) in [6.07, 6.45) is 2.79. The maximum atomic E-state index is 11.4. The van der Waals surface area contributed by atoms with Gasteiger partial charge in [0.25, 0.3) is 0 Å². The summed E-state index contributed by atoms with van der Waals surface area (Å²) in [5.74, 6) is -0.508. The van der Waals surface area contributed by atoms with E-state index in [9.17, 15) is 9.59 Å². The third kappa shape index (κ3) is 4.58. The van der Waals surface area contributed by atoms with Gasteiger partial charge in [0.1, 0.15) is 6.54 Å². The Bertz CT molecular complexity index is 542. The standard InChI is InChI=1S/C13H14BrNO5/c1-19-10-6-8(5-9(14)13(10)20-2)3-4-11(16)15-7-12(17)18/h3-6H,7H2,1-2H3,(H,15,16)(H,17,18). The molecule has 0 radical (unpaired) electrons. The molecule has 7 heteroatoms. The molecule has 0 fully saturated rings. The summed E-state index contributed by atoms with van der Waals surface area (Å²) in [6, 6.07) is 3.45. The fraction of sp³-hybridized carbons (Fsp3) is 0.231. The fourth-order valence-corrected chi connectivity index (χ4v) is 2.05. The predicted octanol–water partition coefficient (Wildman–Crippen LogP) is 1.68. The third-order valence-electron chi connectivity index (χ3n) is 2.30. The van der Waals surface area contributed by atoms with Gasteiger partial charge in [0.05, 0.1) is 18.7 Å². The van der Waals surface area contributed by atoms with Crippen molar-refractivity contribution in [3.8, 4) is 11.5 Å². The number of carboxylic acids is 1. The van der Waals surface area contributed by atoms with E-state index in [4.69, 9.17) is 14.6 Å². The molecule has 6 nitrogen and oxygen atoms in total. The number of ether oxygens (including phenoxy) is 2. The van der Waals surface area contributed by atoms with Crippen LogP contribution in [0.4, 0.5) is 0 Å². The van der Waals surface area contributed by atoms with Crippen LogP contribution >= 0.6 is 15.9 Å². The second-order valence-electron chi connectivity index (χ2n) is 3.68. The summed E-state index contributed by atoms with van der Waals surface area (Å²) < 4.78 is 11.0. The maximum absolute atomic E-state index is 11.4. The highest BCUT2D eigenvalue weighted by Gasteiger charge is 2.09. The van der Waals surface area contributed by atoms with Crippen LogP contribution in [0.1, 0.15) is 5.56 Å². The van der Waals surface area contributed by atoms with E-state index in [1.165, 1.54) is 20.3 Å². The lowest BCUT2D eigenvalue weighted by Crippen LogP contribution is -2.27. The molecule has 0 aliphatic rings.